The summed E-state index contributed by atoms with van der Waals surface area (Å²) in [5.74, 6) is 0. The number of amides is 1. The standard InChI is InChI=1S/C15H20BCl2NO4/c1-5-6-19(14(20)23-15(2,3)4)13-10(17)7-9-8-22-16(21)11(9)12(13)18/h7,21H,5-6,8H2,1-4H3. The van der Waals surface area contributed by atoms with Crippen LogP contribution in [0.25, 0.3) is 0 Å². The molecule has 0 atom stereocenters. The van der Waals surface area contributed by atoms with Crippen LogP contribution in [0.4, 0.5) is 10.5 Å². The van der Waals surface area contributed by atoms with Crippen molar-refractivity contribution in [3.63, 3.8) is 0 Å². The van der Waals surface area contributed by atoms with Gasteiger partial charge >= 0.3 is 13.2 Å². The van der Waals surface area contributed by atoms with Crippen LogP contribution >= 0.6 is 23.2 Å². The molecule has 1 amide bonds. The van der Waals surface area contributed by atoms with Crippen LogP contribution in [0.1, 0.15) is 39.7 Å². The first-order valence-corrected chi connectivity index (χ1v) is 8.22. The van der Waals surface area contributed by atoms with E-state index in [-0.39, 0.29) is 11.6 Å². The molecule has 0 aromatic heterocycles. The van der Waals surface area contributed by atoms with Gasteiger partial charge in [-0.2, -0.15) is 0 Å². The quantitative estimate of drug-likeness (QED) is 0.840. The number of fused-ring (bicyclic) bond motifs is 1. The highest BCUT2D eigenvalue weighted by molar-refractivity contribution is 6.66. The maximum atomic E-state index is 12.5. The fourth-order valence-electron chi connectivity index (χ4n) is 2.39. The zero-order valence-corrected chi connectivity index (χ0v) is 15.2. The number of carbonyl (C=O) groups is 1. The Labute approximate surface area is 146 Å². The van der Waals surface area contributed by atoms with E-state index < -0.39 is 18.8 Å². The maximum absolute atomic E-state index is 12.5. The van der Waals surface area contributed by atoms with Crippen molar-refractivity contribution >= 4 is 47.6 Å². The average molecular weight is 360 g/mol. The third-order valence-corrected chi connectivity index (χ3v) is 3.96. The summed E-state index contributed by atoms with van der Waals surface area (Å²) in [7, 11) is -1.12. The third kappa shape index (κ3) is 3.94. The van der Waals surface area contributed by atoms with Crippen LogP contribution in [0.15, 0.2) is 6.07 Å². The summed E-state index contributed by atoms with van der Waals surface area (Å²) in [6.07, 6.45) is 0.165. The number of ether oxygens (including phenoxy) is 1. The van der Waals surface area contributed by atoms with E-state index in [4.69, 9.17) is 32.6 Å². The van der Waals surface area contributed by atoms with E-state index in [9.17, 15) is 9.82 Å². The van der Waals surface area contributed by atoms with Crippen molar-refractivity contribution in [2.75, 3.05) is 11.4 Å². The number of hydrogen-bond donors (Lipinski definition) is 1. The van der Waals surface area contributed by atoms with E-state index in [0.717, 1.165) is 5.56 Å². The van der Waals surface area contributed by atoms with E-state index in [0.29, 0.717) is 29.1 Å². The Morgan fingerprint density at radius 3 is 2.70 bits per heavy atom. The van der Waals surface area contributed by atoms with Gasteiger partial charge < -0.3 is 14.4 Å². The van der Waals surface area contributed by atoms with Gasteiger partial charge in [0, 0.05) is 12.0 Å². The molecule has 0 fully saturated rings. The number of anilines is 1. The molecule has 1 aliphatic rings. The molecule has 8 heteroatoms. The lowest BCUT2D eigenvalue weighted by molar-refractivity contribution is 0.0580. The molecule has 1 N–H and O–H groups in total. The van der Waals surface area contributed by atoms with Gasteiger partial charge in [-0.1, -0.05) is 30.1 Å². The molecule has 126 valence electrons. The molecule has 5 nitrogen and oxygen atoms in total. The Kier molecular flexibility index (Phi) is 5.51. The molecule has 1 aromatic carbocycles. The summed E-state index contributed by atoms with van der Waals surface area (Å²) in [6.45, 7) is 7.93. The molecule has 0 saturated heterocycles. The largest absolute Gasteiger partial charge is 0.493 e. The van der Waals surface area contributed by atoms with Crippen LogP contribution in [-0.2, 0) is 16.0 Å². The molecular weight excluding hydrogens is 340 g/mol. The van der Waals surface area contributed by atoms with Crippen LogP contribution < -0.4 is 10.4 Å². The summed E-state index contributed by atoms with van der Waals surface area (Å²) in [4.78, 5) is 13.9. The molecule has 1 aliphatic heterocycles. The van der Waals surface area contributed by atoms with E-state index in [1.807, 2.05) is 6.92 Å². The SMILES string of the molecule is CCCN(C(=O)OC(C)(C)C)c1c(Cl)cc2c(c1Cl)B(O)OC2. The molecule has 1 aromatic rings. The van der Waals surface area contributed by atoms with Gasteiger partial charge in [-0.05, 0) is 38.8 Å². The number of carbonyl (C=O) groups excluding carboxylic acids is 1. The van der Waals surface area contributed by atoms with Gasteiger partial charge in [0.1, 0.15) is 5.60 Å². The first-order chi connectivity index (χ1) is 10.7. The fraction of sp³-hybridized carbons (Fsp3) is 0.533. The van der Waals surface area contributed by atoms with Gasteiger partial charge in [0.25, 0.3) is 0 Å². The highest BCUT2D eigenvalue weighted by Crippen LogP contribution is 2.36. The molecule has 0 bridgehead atoms. The second-order valence-corrected chi connectivity index (χ2v) is 7.17. The van der Waals surface area contributed by atoms with Gasteiger partial charge in [-0.25, -0.2) is 4.79 Å². The Balaban J connectivity index is 2.48. The van der Waals surface area contributed by atoms with Crippen LogP contribution in [0.3, 0.4) is 0 Å². The van der Waals surface area contributed by atoms with Crippen molar-refractivity contribution in [1.82, 2.24) is 0 Å². The highest BCUT2D eigenvalue weighted by atomic mass is 35.5. The van der Waals surface area contributed by atoms with Crippen molar-refractivity contribution in [3.05, 3.63) is 21.7 Å². The predicted octanol–water partition coefficient (Wildman–Crippen LogP) is 3.36. The minimum Gasteiger partial charge on any atom is -0.443 e. The fourth-order valence-corrected chi connectivity index (χ4v) is 3.19. The average Bonchev–Trinajstić information content (AvgIpc) is 2.77. The monoisotopic (exact) mass is 359 g/mol. The van der Waals surface area contributed by atoms with Gasteiger partial charge in [-0.15, -0.1) is 0 Å². The third-order valence-electron chi connectivity index (χ3n) is 3.29. The number of halogens is 2. The summed E-state index contributed by atoms with van der Waals surface area (Å²) < 4.78 is 10.6. The van der Waals surface area contributed by atoms with Gasteiger partial charge in [0.15, 0.2) is 0 Å². The normalized spacial score (nSPS) is 14.0. The molecule has 1 heterocycles. The van der Waals surface area contributed by atoms with E-state index in [1.54, 1.807) is 26.8 Å². The van der Waals surface area contributed by atoms with Crippen LogP contribution in [-0.4, -0.2) is 30.4 Å². The van der Waals surface area contributed by atoms with Crippen molar-refractivity contribution < 1.29 is 19.2 Å². The summed E-state index contributed by atoms with van der Waals surface area (Å²) in [6, 6.07) is 1.67. The molecule has 23 heavy (non-hydrogen) atoms. The van der Waals surface area contributed by atoms with Crippen molar-refractivity contribution in [2.24, 2.45) is 0 Å². The Morgan fingerprint density at radius 1 is 1.48 bits per heavy atom. The Morgan fingerprint density at radius 2 is 2.13 bits per heavy atom. The van der Waals surface area contributed by atoms with E-state index in [1.165, 1.54) is 4.90 Å². The van der Waals surface area contributed by atoms with Crippen molar-refractivity contribution in [1.29, 1.82) is 0 Å². The first-order valence-electron chi connectivity index (χ1n) is 7.46. The zero-order chi connectivity index (χ0) is 17.4. The van der Waals surface area contributed by atoms with Gasteiger partial charge in [0.2, 0.25) is 0 Å². The number of nitrogens with zero attached hydrogens (tertiary/aromatic N) is 1. The van der Waals surface area contributed by atoms with Crippen molar-refractivity contribution in [2.45, 2.75) is 46.3 Å². The van der Waals surface area contributed by atoms with Gasteiger partial charge in [-0.3, -0.25) is 4.90 Å². The second-order valence-electron chi connectivity index (χ2n) is 6.39. The lowest BCUT2D eigenvalue weighted by Crippen LogP contribution is -2.39. The maximum Gasteiger partial charge on any atom is 0.493 e. The number of rotatable bonds is 3. The zero-order valence-electron chi connectivity index (χ0n) is 13.7. The number of hydrogen-bond acceptors (Lipinski definition) is 4. The Bertz CT molecular complexity index is 618. The smallest absolute Gasteiger partial charge is 0.443 e. The Hall–Kier alpha value is -0.945. The first kappa shape index (κ1) is 18.4. The molecule has 0 spiro atoms. The molecular formula is C15H20BCl2NO4. The summed E-state index contributed by atoms with van der Waals surface area (Å²) >= 11 is 12.8. The summed E-state index contributed by atoms with van der Waals surface area (Å²) in [5.41, 5.74) is 0.877. The minimum atomic E-state index is -1.12. The van der Waals surface area contributed by atoms with Crippen LogP contribution in [0, 0.1) is 0 Å². The van der Waals surface area contributed by atoms with Crippen molar-refractivity contribution in [3.8, 4) is 0 Å². The highest BCUT2D eigenvalue weighted by Gasteiger charge is 2.35. The van der Waals surface area contributed by atoms with E-state index >= 15 is 0 Å². The van der Waals surface area contributed by atoms with E-state index in [2.05, 4.69) is 0 Å². The van der Waals surface area contributed by atoms with Crippen LogP contribution in [0.5, 0.6) is 0 Å². The molecule has 0 unspecified atom stereocenters. The van der Waals surface area contributed by atoms with Crippen LogP contribution in [0.2, 0.25) is 10.0 Å². The molecule has 0 radical (unpaired) electrons. The topological polar surface area (TPSA) is 59.0 Å². The molecule has 0 aliphatic carbocycles. The minimum absolute atomic E-state index is 0.219. The molecule has 0 saturated carbocycles. The van der Waals surface area contributed by atoms with Gasteiger partial charge in [0.05, 0.1) is 22.3 Å². The summed E-state index contributed by atoms with van der Waals surface area (Å²) in [5, 5.41) is 10.5. The lowest BCUT2D eigenvalue weighted by Gasteiger charge is -2.29. The second kappa shape index (κ2) is 6.89. The lowest BCUT2D eigenvalue weighted by atomic mass is 9.79. The number of benzene rings is 1. The predicted molar refractivity (Wildman–Crippen MR) is 92.7 cm³/mol. The molecule has 2 rings (SSSR count).